The second-order valence-electron chi connectivity index (χ2n) is 5.70. The minimum Gasteiger partial charge on any atom is -0.477 e. The van der Waals surface area contributed by atoms with Crippen LogP contribution in [0.25, 0.3) is 17.4 Å². The molecule has 0 fully saturated rings. The van der Waals surface area contributed by atoms with Crippen molar-refractivity contribution in [3.8, 4) is 11.3 Å². The number of hydrogen-bond donors (Lipinski definition) is 2. The second-order valence-corrected chi connectivity index (χ2v) is 5.70. The third-order valence-corrected chi connectivity index (χ3v) is 3.84. The van der Waals surface area contributed by atoms with Gasteiger partial charge >= 0.3 is 5.97 Å². The van der Waals surface area contributed by atoms with Crippen LogP contribution in [0.1, 0.15) is 21.7 Å². The lowest BCUT2D eigenvalue weighted by atomic mass is 10.1. The summed E-state index contributed by atoms with van der Waals surface area (Å²) in [7, 11) is 0. The molecule has 0 atom stereocenters. The maximum absolute atomic E-state index is 12.2. The number of carbonyl (C=O) groups excluding carboxylic acids is 1. The molecule has 5 heteroatoms. The molecule has 2 N–H and O–H groups in total. The number of hydrogen-bond acceptors (Lipinski definition) is 3. The zero-order valence-electron chi connectivity index (χ0n) is 14.1. The van der Waals surface area contributed by atoms with Crippen LogP contribution in [0.15, 0.2) is 76.8 Å². The maximum atomic E-state index is 12.2. The van der Waals surface area contributed by atoms with Crippen LogP contribution < -0.4 is 5.32 Å². The Morgan fingerprint density at radius 2 is 1.65 bits per heavy atom. The summed E-state index contributed by atoms with van der Waals surface area (Å²) >= 11 is 0. The van der Waals surface area contributed by atoms with Gasteiger partial charge in [-0.3, -0.25) is 4.79 Å². The summed E-state index contributed by atoms with van der Waals surface area (Å²) in [6.07, 6.45) is 1.30. The van der Waals surface area contributed by atoms with E-state index < -0.39 is 11.9 Å². The molecule has 5 nitrogen and oxygen atoms in total. The summed E-state index contributed by atoms with van der Waals surface area (Å²) in [4.78, 5) is 23.7. The number of carboxylic acid groups (broad SMARTS) is 1. The van der Waals surface area contributed by atoms with Gasteiger partial charge < -0.3 is 14.8 Å². The van der Waals surface area contributed by atoms with Crippen LogP contribution in [0.4, 0.5) is 0 Å². The molecule has 3 aromatic rings. The molecular formula is C21H17NO4. The summed E-state index contributed by atoms with van der Waals surface area (Å²) in [6, 6.07) is 19.6. The van der Waals surface area contributed by atoms with Gasteiger partial charge in [-0.2, -0.15) is 0 Å². The number of aliphatic carboxylic acids is 1. The van der Waals surface area contributed by atoms with Crippen LogP contribution in [0.5, 0.6) is 0 Å². The molecule has 1 aromatic heterocycles. The van der Waals surface area contributed by atoms with Crippen molar-refractivity contribution in [2.75, 3.05) is 0 Å². The fourth-order valence-electron chi connectivity index (χ4n) is 2.50. The molecule has 3 rings (SSSR count). The number of furan rings is 1. The minimum absolute atomic E-state index is 0.260. The molecule has 0 aliphatic heterocycles. The predicted octanol–water partition coefficient (Wildman–Crippen LogP) is 4.11. The topological polar surface area (TPSA) is 79.5 Å². The van der Waals surface area contributed by atoms with E-state index >= 15 is 0 Å². The minimum atomic E-state index is -1.25. The van der Waals surface area contributed by atoms with Crippen LogP contribution in [-0.4, -0.2) is 17.0 Å². The first-order valence-corrected chi connectivity index (χ1v) is 8.02. The van der Waals surface area contributed by atoms with Crippen molar-refractivity contribution in [3.05, 3.63) is 89.3 Å². The first-order valence-electron chi connectivity index (χ1n) is 8.02. The zero-order valence-corrected chi connectivity index (χ0v) is 14.1. The molecule has 0 aliphatic rings. The van der Waals surface area contributed by atoms with E-state index in [0.717, 1.165) is 11.1 Å². The number of amides is 1. The van der Waals surface area contributed by atoms with Crippen molar-refractivity contribution in [2.24, 2.45) is 0 Å². The highest BCUT2D eigenvalue weighted by molar-refractivity contribution is 6.02. The Morgan fingerprint density at radius 1 is 0.962 bits per heavy atom. The first kappa shape index (κ1) is 17.2. The van der Waals surface area contributed by atoms with Crippen LogP contribution in [0.2, 0.25) is 0 Å². The average Bonchev–Trinajstić information content (AvgIpc) is 3.10. The Kier molecular flexibility index (Phi) is 4.99. The molecule has 0 saturated carbocycles. The third kappa shape index (κ3) is 3.89. The molecule has 0 saturated heterocycles. The van der Waals surface area contributed by atoms with Gasteiger partial charge in [-0.1, -0.05) is 42.5 Å². The van der Waals surface area contributed by atoms with Crippen molar-refractivity contribution < 1.29 is 19.1 Å². The number of aryl methyl sites for hydroxylation is 1. The lowest BCUT2D eigenvalue weighted by molar-refractivity contribution is -0.132. The Balaban J connectivity index is 1.85. The lowest BCUT2D eigenvalue weighted by Crippen LogP contribution is -2.27. The molecular weight excluding hydrogens is 330 g/mol. The van der Waals surface area contributed by atoms with E-state index in [0.29, 0.717) is 17.1 Å². The van der Waals surface area contributed by atoms with Crippen molar-refractivity contribution >= 4 is 18.0 Å². The first-order chi connectivity index (χ1) is 12.5. The number of benzene rings is 2. The number of nitrogens with one attached hydrogen (secondary N) is 1. The Hall–Kier alpha value is -3.60. The summed E-state index contributed by atoms with van der Waals surface area (Å²) < 4.78 is 5.73. The van der Waals surface area contributed by atoms with E-state index in [1.54, 1.807) is 42.5 Å². The van der Waals surface area contributed by atoms with Crippen molar-refractivity contribution in [2.45, 2.75) is 6.92 Å². The molecule has 0 radical (unpaired) electrons. The fraction of sp³-hybridized carbons (Fsp3) is 0.0476. The summed E-state index contributed by atoms with van der Waals surface area (Å²) in [6.45, 7) is 1.97. The number of carbonyl (C=O) groups is 2. The quantitative estimate of drug-likeness (QED) is 0.681. The van der Waals surface area contributed by atoms with Gasteiger partial charge in [-0.05, 0) is 36.8 Å². The van der Waals surface area contributed by atoms with Crippen molar-refractivity contribution in [3.63, 3.8) is 0 Å². The highest BCUT2D eigenvalue weighted by Crippen LogP contribution is 2.26. The molecule has 0 aliphatic carbocycles. The highest BCUT2D eigenvalue weighted by Gasteiger charge is 2.14. The van der Waals surface area contributed by atoms with Crippen LogP contribution in [0, 0.1) is 6.92 Å². The zero-order chi connectivity index (χ0) is 18.5. The third-order valence-electron chi connectivity index (χ3n) is 3.84. The molecule has 26 heavy (non-hydrogen) atoms. The largest absolute Gasteiger partial charge is 0.477 e. The maximum Gasteiger partial charge on any atom is 0.352 e. The van der Waals surface area contributed by atoms with Crippen LogP contribution in [-0.2, 0) is 4.79 Å². The van der Waals surface area contributed by atoms with E-state index in [1.807, 2.05) is 31.2 Å². The van der Waals surface area contributed by atoms with Gasteiger partial charge in [0.2, 0.25) is 0 Å². The molecule has 0 unspecified atom stereocenters. The fourth-order valence-corrected chi connectivity index (χ4v) is 2.50. The number of rotatable bonds is 5. The smallest absolute Gasteiger partial charge is 0.352 e. The molecule has 2 aromatic carbocycles. The molecule has 1 amide bonds. The summed E-state index contributed by atoms with van der Waals surface area (Å²) in [5.74, 6) is -0.768. The molecule has 0 bridgehead atoms. The van der Waals surface area contributed by atoms with Crippen LogP contribution in [0.3, 0.4) is 0 Å². The van der Waals surface area contributed by atoms with Gasteiger partial charge in [0.05, 0.1) is 0 Å². The van der Waals surface area contributed by atoms with Crippen molar-refractivity contribution in [1.29, 1.82) is 0 Å². The van der Waals surface area contributed by atoms with E-state index in [9.17, 15) is 14.7 Å². The predicted molar refractivity (Wildman–Crippen MR) is 98.4 cm³/mol. The van der Waals surface area contributed by atoms with E-state index in [4.69, 9.17) is 4.42 Å². The van der Waals surface area contributed by atoms with Gasteiger partial charge in [0, 0.05) is 17.2 Å². The molecule has 0 spiro atoms. The van der Waals surface area contributed by atoms with E-state index in [2.05, 4.69) is 5.32 Å². The molecule has 1 heterocycles. The van der Waals surface area contributed by atoms with Crippen molar-refractivity contribution in [1.82, 2.24) is 5.32 Å². The summed E-state index contributed by atoms with van der Waals surface area (Å²) in [5.41, 5.74) is 2.09. The van der Waals surface area contributed by atoms with E-state index in [1.165, 1.54) is 6.08 Å². The number of carboxylic acids is 1. The van der Waals surface area contributed by atoms with Gasteiger partial charge in [0.15, 0.2) is 0 Å². The van der Waals surface area contributed by atoms with E-state index in [-0.39, 0.29) is 5.70 Å². The lowest BCUT2D eigenvalue weighted by Gasteiger charge is -2.05. The van der Waals surface area contributed by atoms with Gasteiger partial charge in [0.25, 0.3) is 5.91 Å². The highest BCUT2D eigenvalue weighted by atomic mass is 16.4. The van der Waals surface area contributed by atoms with Gasteiger partial charge in [-0.25, -0.2) is 4.79 Å². The van der Waals surface area contributed by atoms with Gasteiger partial charge in [0.1, 0.15) is 17.2 Å². The Bertz CT molecular complexity index is 970. The second kappa shape index (κ2) is 7.53. The Labute approximate surface area is 150 Å². The normalized spacial score (nSPS) is 11.2. The molecule has 130 valence electrons. The monoisotopic (exact) mass is 347 g/mol. The van der Waals surface area contributed by atoms with Crippen LogP contribution >= 0.6 is 0 Å². The Morgan fingerprint density at radius 3 is 2.35 bits per heavy atom. The summed E-state index contributed by atoms with van der Waals surface area (Å²) in [5, 5.41) is 11.8. The standard InChI is InChI=1S/C21H17NO4/c1-14-7-5-6-10-17(14)19-12-11-16(26-19)13-18(21(24)25)22-20(23)15-8-3-2-4-9-15/h2-13H,1H3,(H,22,23)(H,24,25)/b18-13+. The van der Waals surface area contributed by atoms with Gasteiger partial charge in [-0.15, -0.1) is 0 Å². The average molecular weight is 347 g/mol. The SMILES string of the molecule is Cc1ccccc1-c1ccc(/C=C(/NC(=O)c2ccccc2)C(=O)O)o1.